The Bertz CT molecular complexity index is 534. The molecule has 4 aliphatic rings. The van der Waals surface area contributed by atoms with Crippen LogP contribution in [0.15, 0.2) is 12.2 Å². The van der Waals surface area contributed by atoms with E-state index in [1.807, 2.05) is 0 Å². The van der Waals surface area contributed by atoms with Crippen LogP contribution in [0.4, 0.5) is 0 Å². The zero-order chi connectivity index (χ0) is 15.0. The topological polar surface area (TPSA) is 48.1 Å². The molecule has 2 heterocycles. The minimum absolute atomic E-state index is 0.0840. The van der Waals surface area contributed by atoms with Crippen LogP contribution in [0.1, 0.15) is 32.6 Å². The molecule has 2 saturated carbocycles. The van der Waals surface area contributed by atoms with Gasteiger partial charge in [0.15, 0.2) is 0 Å². The largest absolute Gasteiger partial charge is 0.456 e. The zero-order valence-corrected chi connectivity index (χ0v) is 14.1. The van der Waals surface area contributed by atoms with E-state index in [2.05, 4.69) is 29.4 Å². The summed E-state index contributed by atoms with van der Waals surface area (Å²) in [6.45, 7) is 6.86. The Morgan fingerprint density at radius 2 is 2.24 bits per heavy atom. The second-order valence-corrected chi connectivity index (χ2v) is 8.33. The van der Waals surface area contributed by atoms with Crippen LogP contribution in [-0.2, 0) is 19.0 Å². The second-order valence-electron chi connectivity index (χ2n) is 7.23. The molecule has 2 saturated heterocycles. The molecule has 21 heavy (non-hydrogen) atoms. The fraction of sp³-hybridized carbons (Fsp3) is 0.812. The summed E-state index contributed by atoms with van der Waals surface area (Å²) in [5.41, 5.74) is -0.0423. The van der Waals surface area contributed by atoms with E-state index < -0.39 is 11.2 Å². The van der Waals surface area contributed by atoms with Crippen molar-refractivity contribution in [2.24, 2.45) is 11.3 Å². The Morgan fingerprint density at radius 1 is 1.48 bits per heavy atom. The normalized spacial score (nSPS) is 54.5. The summed E-state index contributed by atoms with van der Waals surface area (Å²) in [6, 6.07) is 0. The van der Waals surface area contributed by atoms with E-state index in [1.165, 1.54) is 5.57 Å². The van der Waals surface area contributed by atoms with Crippen LogP contribution in [0.3, 0.4) is 0 Å². The highest BCUT2D eigenvalue weighted by molar-refractivity contribution is 9.09. The molecular formula is C16H21BrO4. The van der Waals surface area contributed by atoms with E-state index in [1.54, 1.807) is 7.11 Å². The van der Waals surface area contributed by atoms with Crippen LogP contribution in [0, 0.1) is 11.3 Å². The number of hydrogen-bond acceptors (Lipinski definition) is 4. The van der Waals surface area contributed by atoms with Crippen molar-refractivity contribution in [2.75, 3.05) is 13.7 Å². The van der Waals surface area contributed by atoms with Crippen LogP contribution < -0.4 is 0 Å². The van der Waals surface area contributed by atoms with Gasteiger partial charge in [0.1, 0.15) is 11.7 Å². The number of epoxide rings is 1. The summed E-state index contributed by atoms with van der Waals surface area (Å²) in [5.74, 6) is -0.0716. The molecule has 2 aliphatic heterocycles. The van der Waals surface area contributed by atoms with Crippen LogP contribution in [-0.4, -0.2) is 41.8 Å². The Morgan fingerprint density at radius 3 is 2.95 bits per heavy atom. The van der Waals surface area contributed by atoms with Gasteiger partial charge >= 0.3 is 5.97 Å². The molecule has 5 heteroatoms. The van der Waals surface area contributed by atoms with E-state index in [0.717, 1.165) is 25.7 Å². The molecule has 0 amide bonds. The average Bonchev–Trinajstić information content (AvgIpc) is 3.03. The molecule has 1 spiro atoms. The minimum atomic E-state index is -0.854. The lowest BCUT2D eigenvalue weighted by Crippen LogP contribution is -2.55. The van der Waals surface area contributed by atoms with Gasteiger partial charge in [-0.15, -0.1) is 0 Å². The van der Waals surface area contributed by atoms with E-state index in [-0.39, 0.29) is 30.0 Å². The first kappa shape index (κ1) is 14.2. The van der Waals surface area contributed by atoms with Crippen molar-refractivity contribution >= 4 is 21.9 Å². The molecule has 0 N–H and O–H groups in total. The van der Waals surface area contributed by atoms with Crippen LogP contribution >= 0.6 is 15.9 Å². The number of esters is 1. The molecule has 0 aromatic carbocycles. The van der Waals surface area contributed by atoms with Gasteiger partial charge in [0.25, 0.3) is 0 Å². The summed E-state index contributed by atoms with van der Waals surface area (Å²) >= 11 is 3.85. The smallest absolute Gasteiger partial charge is 0.344 e. The van der Waals surface area contributed by atoms with E-state index >= 15 is 0 Å². The molecule has 4 fully saturated rings. The molecule has 6 atom stereocenters. The summed E-state index contributed by atoms with van der Waals surface area (Å²) < 4.78 is 17.0. The Hall–Kier alpha value is -0.390. The van der Waals surface area contributed by atoms with Gasteiger partial charge in [-0.2, -0.15) is 0 Å². The Balaban J connectivity index is 1.74. The number of rotatable bonds is 2. The average molecular weight is 357 g/mol. The highest BCUT2D eigenvalue weighted by Crippen LogP contribution is 2.69. The molecule has 4 rings (SSSR count). The number of hydrogen-bond donors (Lipinski definition) is 0. The first-order valence-corrected chi connectivity index (χ1v) is 8.55. The second kappa shape index (κ2) is 4.12. The van der Waals surface area contributed by atoms with Gasteiger partial charge in [-0.25, -0.2) is 4.79 Å². The number of methoxy groups -OCH3 is 1. The standard InChI is InChI=1S/C16H21BrO4/c1-9-4-5-10(17)14(2)6-7-15-12(11(9)14)20-13(18)16(15,21-15)8-19-3/h10-12H,1,4-8H2,2-3H3/t10-,11?,12-,14+,15-,16+/m1/s1. The highest BCUT2D eigenvalue weighted by atomic mass is 79.9. The van der Waals surface area contributed by atoms with Gasteiger partial charge in [0.05, 0.1) is 6.61 Å². The third kappa shape index (κ3) is 1.46. The maximum absolute atomic E-state index is 12.4. The maximum atomic E-state index is 12.4. The first-order chi connectivity index (χ1) is 9.91. The monoisotopic (exact) mass is 356 g/mol. The number of carbonyl (C=O) groups is 1. The molecule has 2 aliphatic carbocycles. The third-order valence-electron chi connectivity index (χ3n) is 6.29. The molecule has 0 bridgehead atoms. The number of halogens is 1. The van der Waals surface area contributed by atoms with Crippen molar-refractivity contribution in [2.45, 2.75) is 54.7 Å². The minimum Gasteiger partial charge on any atom is -0.456 e. The molecule has 0 aromatic heterocycles. The summed E-state index contributed by atoms with van der Waals surface area (Å²) in [7, 11) is 1.60. The molecule has 0 aromatic rings. The van der Waals surface area contributed by atoms with E-state index in [4.69, 9.17) is 14.2 Å². The van der Waals surface area contributed by atoms with Gasteiger partial charge < -0.3 is 14.2 Å². The number of ether oxygens (including phenoxy) is 3. The highest BCUT2D eigenvalue weighted by Gasteiger charge is 2.87. The molecule has 4 nitrogen and oxygen atoms in total. The van der Waals surface area contributed by atoms with Gasteiger partial charge in [-0.05, 0) is 31.1 Å². The lowest BCUT2D eigenvalue weighted by molar-refractivity contribution is -0.166. The van der Waals surface area contributed by atoms with Crippen molar-refractivity contribution in [1.82, 2.24) is 0 Å². The van der Waals surface area contributed by atoms with Crippen molar-refractivity contribution in [3.05, 3.63) is 12.2 Å². The van der Waals surface area contributed by atoms with Crippen LogP contribution in [0.2, 0.25) is 0 Å². The number of fused-ring (bicyclic) bond motifs is 2. The number of carbonyl (C=O) groups excluding carboxylic acids is 1. The zero-order valence-electron chi connectivity index (χ0n) is 12.5. The summed E-state index contributed by atoms with van der Waals surface area (Å²) in [4.78, 5) is 12.8. The summed E-state index contributed by atoms with van der Waals surface area (Å²) in [6.07, 6.45) is 3.76. The van der Waals surface area contributed by atoms with Gasteiger partial charge in [0.2, 0.25) is 5.60 Å². The maximum Gasteiger partial charge on any atom is 0.344 e. The van der Waals surface area contributed by atoms with Gasteiger partial charge in [-0.1, -0.05) is 35.0 Å². The lowest BCUT2D eigenvalue weighted by Gasteiger charge is -2.53. The van der Waals surface area contributed by atoms with Crippen LogP contribution in [0.5, 0.6) is 0 Å². The Kier molecular flexibility index (Phi) is 2.79. The third-order valence-corrected chi connectivity index (χ3v) is 7.80. The summed E-state index contributed by atoms with van der Waals surface area (Å²) in [5, 5.41) is 0. The SMILES string of the molecule is C=C1CC[C@@H](Br)[C@]2(C)CC[C@]34O[C@@]3(COC)C(=O)O[C@@H]4C12. The van der Waals surface area contributed by atoms with Crippen LogP contribution in [0.25, 0.3) is 0 Å². The molecule has 0 radical (unpaired) electrons. The van der Waals surface area contributed by atoms with Crippen molar-refractivity contribution in [3.63, 3.8) is 0 Å². The molecule has 1 unspecified atom stereocenters. The van der Waals surface area contributed by atoms with E-state index in [0.29, 0.717) is 4.83 Å². The van der Waals surface area contributed by atoms with Crippen molar-refractivity contribution < 1.29 is 19.0 Å². The fourth-order valence-corrected chi connectivity index (χ4v) is 5.77. The Labute approximate surface area is 133 Å². The van der Waals surface area contributed by atoms with E-state index in [9.17, 15) is 4.79 Å². The predicted molar refractivity (Wildman–Crippen MR) is 80.2 cm³/mol. The van der Waals surface area contributed by atoms with Crippen molar-refractivity contribution in [1.29, 1.82) is 0 Å². The first-order valence-electron chi connectivity index (χ1n) is 7.63. The predicted octanol–water partition coefficient (Wildman–Crippen LogP) is 2.60. The quantitative estimate of drug-likeness (QED) is 0.330. The molecule has 116 valence electrons. The van der Waals surface area contributed by atoms with Gasteiger partial charge in [-0.3, -0.25) is 0 Å². The fourth-order valence-electron chi connectivity index (χ4n) is 5.03. The number of alkyl halides is 1. The molecular weight excluding hydrogens is 336 g/mol. The van der Waals surface area contributed by atoms with Crippen molar-refractivity contribution in [3.8, 4) is 0 Å². The van der Waals surface area contributed by atoms with Gasteiger partial charge in [0, 0.05) is 17.9 Å². The lowest BCUT2D eigenvalue weighted by atomic mass is 9.54.